The van der Waals surface area contributed by atoms with Crippen molar-refractivity contribution in [1.82, 2.24) is 14.8 Å². The number of benzene rings is 1. The third-order valence-electron chi connectivity index (χ3n) is 2.16. The van der Waals surface area contributed by atoms with Crippen LogP contribution in [0.25, 0.3) is 0 Å². The summed E-state index contributed by atoms with van der Waals surface area (Å²) in [7, 11) is 1.44. The van der Waals surface area contributed by atoms with E-state index in [0.717, 1.165) is 4.68 Å². The molecule has 0 fully saturated rings. The van der Waals surface area contributed by atoms with E-state index in [0.29, 0.717) is 15.7 Å². The third kappa shape index (κ3) is 2.55. The van der Waals surface area contributed by atoms with Gasteiger partial charge in [-0.05, 0) is 18.2 Å². The fourth-order valence-corrected chi connectivity index (χ4v) is 1.57. The van der Waals surface area contributed by atoms with Crippen LogP contribution in [0.1, 0.15) is 10.6 Å². The Morgan fingerprint density at radius 1 is 1.39 bits per heavy atom. The van der Waals surface area contributed by atoms with E-state index in [-0.39, 0.29) is 5.82 Å². The Morgan fingerprint density at radius 2 is 2.11 bits per heavy atom. The Hall–Kier alpha value is -1.79. The fourth-order valence-electron chi connectivity index (χ4n) is 1.27. The number of amides is 1. The molecule has 2 aromatic rings. The van der Waals surface area contributed by atoms with Crippen molar-refractivity contribution in [2.45, 2.75) is 0 Å². The lowest BCUT2D eigenvalue weighted by Crippen LogP contribution is -2.15. The predicted octanol–water partition coefficient (Wildman–Crippen LogP) is 1.67. The molecule has 1 heterocycles. The molecule has 18 heavy (non-hydrogen) atoms. The zero-order valence-electron chi connectivity index (χ0n) is 9.20. The molecule has 2 rings (SSSR count). The summed E-state index contributed by atoms with van der Waals surface area (Å²) >= 11 is 11.6. The zero-order valence-corrected chi connectivity index (χ0v) is 10.7. The van der Waals surface area contributed by atoms with Crippen LogP contribution in [-0.2, 0) is 7.05 Å². The molecule has 0 aliphatic heterocycles. The van der Waals surface area contributed by atoms with E-state index in [2.05, 4.69) is 15.4 Å². The van der Waals surface area contributed by atoms with Gasteiger partial charge in [0, 0.05) is 12.7 Å². The molecule has 0 radical (unpaired) electrons. The number of halogens is 2. The monoisotopic (exact) mass is 286 g/mol. The van der Waals surface area contributed by atoms with Crippen molar-refractivity contribution < 1.29 is 4.79 Å². The molecule has 0 saturated heterocycles. The Bertz CT molecular complexity index is 662. The van der Waals surface area contributed by atoms with Crippen molar-refractivity contribution in [1.29, 1.82) is 0 Å². The van der Waals surface area contributed by atoms with Crippen LogP contribution < -0.4 is 11.0 Å². The largest absolute Gasteiger partial charge is 0.343 e. The van der Waals surface area contributed by atoms with Gasteiger partial charge in [0.25, 0.3) is 5.91 Å². The Balaban J connectivity index is 2.21. The SMILES string of the molecule is Cn1nc(C(=O)Nc2ccc(Cl)c(Cl)c2)[nH]c1=O. The molecule has 6 nitrogen and oxygen atoms in total. The Morgan fingerprint density at radius 3 is 2.67 bits per heavy atom. The lowest BCUT2D eigenvalue weighted by molar-refractivity contribution is 0.101. The lowest BCUT2D eigenvalue weighted by atomic mass is 10.3. The van der Waals surface area contributed by atoms with Gasteiger partial charge in [-0.25, -0.2) is 9.48 Å². The molecule has 0 aliphatic carbocycles. The number of carbonyl (C=O) groups is 1. The number of H-pyrrole nitrogens is 1. The number of aromatic nitrogens is 3. The molecule has 2 N–H and O–H groups in total. The molecule has 0 saturated carbocycles. The molecule has 8 heteroatoms. The second-order valence-electron chi connectivity index (χ2n) is 3.49. The quantitative estimate of drug-likeness (QED) is 0.881. The first kappa shape index (κ1) is 12.7. The van der Waals surface area contributed by atoms with Crippen LogP contribution in [0, 0.1) is 0 Å². The Kier molecular flexibility index (Phi) is 3.40. The average Bonchev–Trinajstić information content (AvgIpc) is 2.65. The third-order valence-corrected chi connectivity index (χ3v) is 2.90. The smallest absolute Gasteiger partial charge is 0.319 e. The van der Waals surface area contributed by atoms with Crippen LogP contribution in [0.3, 0.4) is 0 Å². The van der Waals surface area contributed by atoms with Gasteiger partial charge in [-0.1, -0.05) is 23.2 Å². The normalized spacial score (nSPS) is 10.4. The molecular weight excluding hydrogens is 279 g/mol. The summed E-state index contributed by atoms with van der Waals surface area (Å²) in [6.45, 7) is 0. The number of aryl methyl sites for hydroxylation is 1. The highest BCUT2D eigenvalue weighted by Crippen LogP contribution is 2.25. The average molecular weight is 287 g/mol. The van der Waals surface area contributed by atoms with Gasteiger partial charge in [0.05, 0.1) is 10.0 Å². The first-order chi connectivity index (χ1) is 8.47. The minimum atomic E-state index is -0.536. The Labute approximate surface area is 112 Å². The van der Waals surface area contributed by atoms with Gasteiger partial charge in [0.2, 0.25) is 5.82 Å². The summed E-state index contributed by atoms with van der Waals surface area (Å²) in [5.74, 6) is -0.611. The molecule has 0 spiro atoms. The standard InChI is InChI=1S/C10H8Cl2N4O2/c1-16-10(18)14-8(15-16)9(17)13-5-2-3-6(11)7(12)4-5/h2-4H,1H3,(H,13,17)(H,14,15,18). The maximum atomic E-state index is 11.7. The summed E-state index contributed by atoms with van der Waals surface area (Å²) in [5.41, 5.74) is -0.00445. The topological polar surface area (TPSA) is 79.8 Å². The van der Waals surface area contributed by atoms with E-state index in [4.69, 9.17) is 23.2 Å². The number of aromatic amines is 1. The summed E-state index contributed by atoms with van der Waals surface area (Å²) in [4.78, 5) is 25.2. The van der Waals surface area contributed by atoms with Crippen molar-refractivity contribution in [2.75, 3.05) is 5.32 Å². The predicted molar refractivity (Wildman–Crippen MR) is 68.2 cm³/mol. The summed E-state index contributed by atoms with van der Waals surface area (Å²) in [5, 5.41) is 6.98. The van der Waals surface area contributed by atoms with Crippen LogP contribution in [0.5, 0.6) is 0 Å². The number of nitrogens with one attached hydrogen (secondary N) is 2. The van der Waals surface area contributed by atoms with E-state index < -0.39 is 11.6 Å². The van der Waals surface area contributed by atoms with E-state index in [1.165, 1.54) is 13.1 Å². The molecule has 94 valence electrons. The number of carbonyl (C=O) groups excluding carboxylic acids is 1. The highest BCUT2D eigenvalue weighted by Gasteiger charge is 2.12. The van der Waals surface area contributed by atoms with Gasteiger partial charge in [0.15, 0.2) is 0 Å². The molecular formula is C10H8Cl2N4O2. The van der Waals surface area contributed by atoms with Gasteiger partial charge in [-0.2, -0.15) is 0 Å². The number of anilines is 1. The molecule has 0 atom stereocenters. The van der Waals surface area contributed by atoms with Crippen LogP contribution in [0.4, 0.5) is 5.69 Å². The minimum Gasteiger partial charge on any atom is -0.319 e. The van der Waals surface area contributed by atoms with Crippen LogP contribution in [0.15, 0.2) is 23.0 Å². The van der Waals surface area contributed by atoms with Gasteiger partial charge in [0.1, 0.15) is 0 Å². The second kappa shape index (κ2) is 4.83. The van der Waals surface area contributed by atoms with Gasteiger partial charge >= 0.3 is 5.69 Å². The fraction of sp³-hybridized carbons (Fsp3) is 0.100. The molecule has 1 aromatic carbocycles. The zero-order chi connectivity index (χ0) is 13.3. The van der Waals surface area contributed by atoms with Crippen LogP contribution >= 0.6 is 23.2 Å². The van der Waals surface area contributed by atoms with E-state index in [1.807, 2.05) is 0 Å². The van der Waals surface area contributed by atoms with Crippen molar-refractivity contribution in [2.24, 2.45) is 7.05 Å². The van der Waals surface area contributed by atoms with Gasteiger partial charge in [-0.3, -0.25) is 9.78 Å². The van der Waals surface area contributed by atoms with E-state index in [9.17, 15) is 9.59 Å². The first-order valence-electron chi connectivity index (χ1n) is 4.87. The van der Waals surface area contributed by atoms with Crippen LogP contribution in [0.2, 0.25) is 10.0 Å². The molecule has 0 unspecified atom stereocenters. The highest BCUT2D eigenvalue weighted by molar-refractivity contribution is 6.42. The molecule has 0 aliphatic rings. The highest BCUT2D eigenvalue weighted by atomic mass is 35.5. The maximum Gasteiger partial charge on any atom is 0.343 e. The number of hydrogen-bond donors (Lipinski definition) is 2. The molecule has 0 bridgehead atoms. The summed E-state index contributed by atoms with van der Waals surface area (Å²) < 4.78 is 1.03. The van der Waals surface area contributed by atoms with Crippen molar-refractivity contribution >= 4 is 34.8 Å². The summed E-state index contributed by atoms with van der Waals surface area (Å²) in [6, 6.07) is 4.65. The maximum absolute atomic E-state index is 11.7. The first-order valence-corrected chi connectivity index (χ1v) is 5.62. The molecule has 1 aromatic heterocycles. The van der Waals surface area contributed by atoms with E-state index in [1.54, 1.807) is 12.1 Å². The van der Waals surface area contributed by atoms with Crippen LogP contribution in [-0.4, -0.2) is 20.7 Å². The second-order valence-corrected chi connectivity index (χ2v) is 4.30. The van der Waals surface area contributed by atoms with Gasteiger partial charge in [-0.15, -0.1) is 5.10 Å². The van der Waals surface area contributed by atoms with E-state index >= 15 is 0 Å². The summed E-state index contributed by atoms with van der Waals surface area (Å²) in [6.07, 6.45) is 0. The van der Waals surface area contributed by atoms with Crippen molar-refractivity contribution in [3.8, 4) is 0 Å². The van der Waals surface area contributed by atoms with Crippen molar-refractivity contribution in [3.05, 3.63) is 44.6 Å². The molecule has 1 amide bonds. The lowest BCUT2D eigenvalue weighted by Gasteiger charge is -2.03. The van der Waals surface area contributed by atoms with Gasteiger partial charge < -0.3 is 5.32 Å². The van der Waals surface area contributed by atoms with Crippen molar-refractivity contribution in [3.63, 3.8) is 0 Å². The minimum absolute atomic E-state index is 0.0754. The number of nitrogens with zero attached hydrogens (tertiary/aromatic N) is 2. The number of rotatable bonds is 2. The number of hydrogen-bond acceptors (Lipinski definition) is 3.